The van der Waals surface area contributed by atoms with Gasteiger partial charge in [-0.2, -0.15) is 0 Å². The van der Waals surface area contributed by atoms with E-state index in [1.165, 1.54) is 0 Å². The van der Waals surface area contributed by atoms with Gasteiger partial charge < -0.3 is 15.2 Å². The molecular formula is C7H11NO3. The van der Waals surface area contributed by atoms with Gasteiger partial charge in [0.25, 0.3) is 0 Å². The molecule has 4 nitrogen and oxygen atoms in total. The zero-order valence-electron chi connectivity index (χ0n) is 6.39. The Balaban J connectivity index is 1.89. The SMILES string of the molecule is COC12CC(NC(=O)O)(C1)C2. The lowest BCUT2D eigenvalue weighted by atomic mass is 9.46. The number of carboxylic acid groups (broad SMARTS) is 1. The van der Waals surface area contributed by atoms with Crippen LogP contribution in [0.3, 0.4) is 0 Å². The molecule has 0 atom stereocenters. The van der Waals surface area contributed by atoms with E-state index in [1.54, 1.807) is 7.11 Å². The van der Waals surface area contributed by atoms with E-state index in [0.29, 0.717) is 0 Å². The van der Waals surface area contributed by atoms with E-state index in [1.807, 2.05) is 0 Å². The molecule has 11 heavy (non-hydrogen) atoms. The van der Waals surface area contributed by atoms with Crippen LogP contribution in [0.4, 0.5) is 4.79 Å². The second-order valence-electron chi connectivity index (χ2n) is 3.63. The quantitative estimate of drug-likeness (QED) is 0.616. The molecule has 0 heterocycles. The Bertz CT molecular complexity index is 194. The number of carbonyl (C=O) groups is 1. The molecule has 0 unspecified atom stereocenters. The van der Waals surface area contributed by atoms with Crippen LogP contribution in [0.25, 0.3) is 0 Å². The fourth-order valence-electron chi connectivity index (χ4n) is 2.27. The van der Waals surface area contributed by atoms with E-state index in [4.69, 9.17) is 9.84 Å². The zero-order valence-corrected chi connectivity index (χ0v) is 6.39. The van der Waals surface area contributed by atoms with E-state index in [2.05, 4.69) is 5.32 Å². The van der Waals surface area contributed by atoms with Gasteiger partial charge in [-0.1, -0.05) is 0 Å². The molecule has 1 amide bonds. The standard InChI is InChI=1S/C7H11NO3/c1-11-7-2-6(3-7,4-7)8-5(9)10/h8H,2-4H2,1H3,(H,9,10). The van der Waals surface area contributed by atoms with Crippen LogP contribution in [0, 0.1) is 0 Å². The number of ether oxygens (including phenoxy) is 1. The molecule has 3 saturated carbocycles. The highest BCUT2D eigenvalue weighted by Gasteiger charge is 2.69. The molecule has 0 aromatic heterocycles. The van der Waals surface area contributed by atoms with E-state index in [0.717, 1.165) is 19.3 Å². The third-order valence-corrected chi connectivity index (χ3v) is 2.79. The average molecular weight is 157 g/mol. The zero-order chi connectivity index (χ0) is 8.11. The third-order valence-electron chi connectivity index (χ3n) is 2.79. The smallest absolute Gasteiger partial charge is 0.405 e. The summed E-state index contributed by atoms with van der Waals surface area (Å²) in [4.78, 5) is 10.3. The van der Waals surface area contributed by atoms with Gasteiger partial charge in [0.15, 0.2) is 0 Å². The maximum atomic E-state index is 10.3. The van der Waals surface area contributed by atoms with Crippen LogP contribution >= 0.6 is 0 Å². The predicted molar refractivity (Wildman–Crippen MR) is 37.5 cm³/mol. The Morgan fingerprint density at radius 1 is 1.55 bits per heavy atom. The Morgan fingerprint density at radius 2 is 2.09 bits per heavy atom. The maximum absolute atomic E-state index is 10.3. The number of methoxy groups -OCH3 is 1. The Morgan fingerprint density at radius 3 is 2.45 bits per heavy atom. The Hall–Kier alpha value is -0.770. The van der Waals surface area contributed by atoms with Gasteiger partial charge in [-0.25, -0.2) is 4.79 Å². The van der Waals surface area contributed by atoms with E-state index >= 15 is 0 Å². The van der Waals surface area contributed by atoms with Gasteiger partial charge in [-0.15, -0.1) is 0 Å². The van der Waals surface area contributed by atoms with E-state index in [9.17, 15) is 4.79 Å². The van der Waals surface area contributed by atoms with Crippen molar-refractivity contribution < 1.29 is 14.6 Å². The lowest BCUT2D eigenvalue weighted by Crippen LogP contribution is -2.79. The van der Waals surface area contributed by atoms with Gasteiger partial charge in [-0.05, 0) is 19.3 Å². The first-order valence-corrected chi connectivity index (χ1v) is 3.66. The molecule has 3 aliphatic carbocycles. The molecule has 2 bridgehead atoms. The minimum Gasteiger partial charge on any atom is -0.465 e. The highest BCUT2D eigenvalue weighted by atomic mass is 16.5. The van der Waals surface area contributed by atoms with Crippen molar-refractivity contribution in [1.29, 1.82) is 0 Å². The first-order chi connectivity index (χ1) is 5.10. The molecule has 3 rings (SSSR count). The van der Waals surface area contributed by atoms with Crippen molar-refractivity contribution in [3.63, 3.8) is 0 Å². The van der Waals surface area contributed by atoms with Gasteiger partial charge in [0, 0.05) is 7.11 Å². The summed E-state index contributed by atoms with van der Waals surface area (Å²) in [7, 11) is 1.68. The van der Waals surface area contributed by atoms with Crippen LogP contribution < -0.4 is 5.32 Å². The maximum Gasteiger partial charge on any atom is 0.405 e. The number of rotatable bonds is 2. The van der Waals surface area contributed by atoms with E-state index < -0.39 is 6.09 Å². The molecule has 0 aromatic carbocycles. The molecule has 2 N–H and O–H groups in total. The Kier molecular flexibility index (Phi) is 1.06. The highest BCUT2D eigenvalue weighted by Crippen LogP contribution is 2.62. The van der Waals surface area contributed by atoms with Crippen molar-refractivity contribution in [2.75, 3.05) is 7.11 Å². The molecule has 0 aliphatic heterocycles. The number of nitrogens with one attached hydrogen (secondary N) is 1. The molecule has 3 aliphatic rings. The van der Waals surface area contributed by atoms with Crippen molar-refractivity contribution in [3.05, 3.63) is 0 Å². The largest absolute Gasteiger partial charge is 0.465 e. The van der Waals surface area contributed by atoms with Crippen LogP contribution in [0.2, 0.25) is 0 Å². The molecule has 0 radical (unpaired) electrons. The fourth-order valence-corrected chi connectivity index (χ4v) is 2.27. The molecule has 0 aromatic rings. The lowest BCUT2D eigenvalue weighted by molar-refractivity contribution is -0.234. The molecule has 62 valence electrons. The minimum atomic E-state index is -0.922. The van der Waals surface area contributed by atoms with Gasteiger partial charge in [0.05, 0.1) is 11.1 Å². The van der Waals surface area contributed by atoms with Crippen molar-refractivity contribution >= 4 is 6.09 Å². The first kappa shape index (κ1) is 6.91. The van der Waals surface area contributed by atoms with Gasteiger partial charge >= 0.3 is 6.09 Å². The summed E-state index contributed by atoms with van der Waals surface area (Å²) in [6.45, 7) is 0. The predicted octanol–water partition coefficient (Wildman–Crippen LogP) is 0.575. The summed E-state index contributed by atoms with van der Waals surface area (Å²) in [6, 6.07) is 0. The normalized spacial score (nSPS) is 45.5. The lowest BCUT2D eigenvalue weighted by Gasteiger charge is -2.68. The van der Waals surface area contributed by atoms with Gasteiger partial charge in [0.2, 0.25) is 0 Å². The van der Waals surface area contributed by atoms with Crippen LogP contribution in [0.5, 0.6) is 0 Å². The number of hydrogen-bond acceptors (Lipinski definition) is 2. The van der Waals surface area contributed by atoms with Gasteiger partial charge in [-0.3, -0.25) is 0 Å². The third kappa shape index (κ3) is 0.758. The summed E-state index contributed by atoms with van der Waals surface area (Å²) in [5, 5.41) is 11.0. The van der Waals surface area contributed by atoms with Crippen LogP contribution in [0.1, 0.15) is 19.3 Å². The number of hydrogen-bond donors (Lipinski definition) is 2. The molecular weight excluding hydrogens is 146 g/mol. The van der Waals surface area contributed by atoms with Crippen molar-refractivity contribution in [2.45, 2.75) is 30.4 Å². The average Bonchev–Trinajstić information content (AvgIpc) is 1.74. The first-order valence-electron chi connectivity index (χ1n) is 3.66. The van der Waals surface area contributed by atoms with Gasteiger partial charge in [0.1, 0.15) is 0 Å². The molecule has 3 fully saturated rings. The van der Waals surface area contributed by atoms with Crippen LogP contribution in [0.15, 0.2) is 0 Å². The van der Waals surface area contributed by atoms with Crippen molar-refractivity contribution in [1.82, 2.24) is 5.32 Å². The van der Waals surface area contributed by atoms with Crippen LogP contribution in [-0.2, 0) is 4.74 Å². The van der Waals surface area contributed by atoms with Crippen LogP contribution in [-0.4, -0.2) is 29.4 Å². The van der Waals surface area contributed by atoms with E-state index in [-0.39, 0.29) is 11.1 Å². The summed E-state index contributed by atoms with van der Waals surface area (Å²) >= 11 is 0. The molecule has 0 spiro atoms. The monoisotopic (exact) mass is 157 g/mol. The minimum absolute atomic E-state index is 0.0302. The summed E-state index contributed by atoms with van der Waals surface area (Å²) in [5.41, 5.74) is -0.0930. The summed E-state index contributed by atoms with van der Waals surface area (Å²) in [5.74, 6) is 0. The fraction of sp³-hybridized carbons (Fsp3) is 0.857. The van der Waals surface area contributed by atoms with Crippen molar-refractivity contribution in [3.8, 4) is 0 Å². The topological polar surface area (TPSA) is 58.6 Å². The van der Waals surface area contributed by atoms with Crippen molar-refractivity contribution in [2.24, 2.45) is 0 Å². The summed E-state index contributed by atoms with van der Waals surface area (Å²) < 4.78 is 5.21. The highest BCUT2D eigenvalue weighted by molar-refractivity contribution is 5.67. The Labute approximate surface area is 64.5 Å². The molecule has 0 saturated heterocycles. The summed E-state index contributed by atoms with van der Waals surface area (Å²) in [6.07, 6.45) is 1.63. The molecule has 4 heteroatoms. The second kappa shape index (κ2) is 1.69. The number of amides is 1. The second-order valence-corrected chi connectivity index (χ2v) is 3.63.